The highest BCUT2D eigenvalue weighted by Crippen LogP contribution is 2.34. The van der Waals surface area contributed by atoms with Gasteiger partial charge in [0.1, 0.15) is 12.0 Å². The van der Waals surface area contributed by atoms with Gasteiger partial charge in [0.15, 0.2) is 0 Å². The summed E-state index contributed by atoms with van der Waals surface area (Å²) in [5, 5.41) is 0.692. The predicted molar refractivity (Wildman–Crippen MR) is 66.2 cm³/mol. The van der Waals surface area contributed by atoms with Gasteiger partial charge in [0.2, 0.25) is 0 Å². The number of nitrogens with zero attached hydrogens (tertiary/aromatic N) is 1. The highest BCUT2D eigenvalue weighted by atomic mass is 35.5. The summed E-state index contributed by atoms with van der Waals surface area (Å²) in [6, 6.07) is 3.76. The lowest BCUT2D eigenvalue weighted by atomic mass is 10.1. The smallest absolute Gasteiger partial charge is 0.139 e. The Hall–Kier alpha value is -0.770. The topological polar surface area (TPSA) is 21.7 Å². The largest absolute Gasteiger partial charge is 0.496 e. The van der Waals surface area contributed by atoms with E-state index in [2.05, 4.69) is 0 Å². The lowest BCUT2D eigenvalue weighted by molar-refractivity contribution is -0.00699. The van der Waals surface area contributed by atoms with Crippen LogP contribution in [0.15, 0.2) is 12.1 Å². The molecule has 1 aromatic rings. The van der Waals surface area contributed by atoms with Gasteiger partial charge in [-0.1, -0.05) is 11.6 Å². The molecule has 0 saturated carbocycles. The molecule has 1 atom stereocenters. The van der Waals surface area contributed by atoms with Gasteiger partial charge in [-0.3, -0.25) is 4.90 Å². The summed E-state index contributed by atoms with van der Waals surface area (Å²) in [5.74, 6) is 0.824. The molecule has 0 bridgehead atoms. The third-order valence-electron chi connectivity index (χ3n) is 2.43. The third kappa shape index (κ3) is 2.67. The van der Waals surface area contributed by atoms with E-state index in [1.165, 1.54) is 0 Å². The zero-order valence-electron chi connectivity index (χ0n) is 10.4. The van der Waals surface area contributed by atoms with E-state index in [9.17, 15) is 0 Å². The summed E-state index contributed by atoms with van der Waals surface area (Å²) in [5.41, 5.74) is 1.95. The van der Waals surface area contributed by atoms with Crippen molar-refractivity contribution in [1.82, 2.24) is 4.90 Å². The van der Waals surface area contributed by atoms with E-state index >= 15 is 0 Å². The van der Waals surface area contributed by atoms with Crippen LogP contribution in [0, 0.1) is 6.92 Å². The number of ether oxygens (including phenoxy) is 2. The summed E-state index contributed by atoms with van der Waals surface area (Å²) in [6.07, 6.45) is -0.160. The second kappa shape index (κ2) is 5.53. The summed E-state index contributed by atoms with van der Waals surface area (Å²) < 4.78 is 10.8. The van der Waals surface area contributed by atoms with Crippen LogP contribution in [-0.4, -0.2) is 33.2 Å². The number of rotatable bonds is 4. The Kier molecular flexibility index (Phi) is 4.59. The Morgan fingerprint density at radius 1 is 1.25 bits per heavy atom. The average molecular weight is 244 g/mol. The van der Waals surface area contributed by atoms with Crippen LogP contribution in [-0.2, 0) is 4.74 Å². The standard InChI is InChI=1S/C12H18ClNO2/c1-8-6-9(13)7-10(11(8)15-4)12(16-5)14(2)3/h6-7,12H,1-5H3. The minimum atomic E-state index is -0.160. The maximum Gasteiger partial charge on any atom is 0.139 e. The normalized spacial score (nSPS) is 12.9. The minimum absolute atomic E-state index is 0.160. The van der Waals surface area contributed by atoms with Gasteiger partial charge in [-0.15, -0.1) is 0 Å². The van der Waals surface area contributed by atoms with Gasteiger partial charge in [-0.2, -0.15) is 0 Å². The molecular formula is C12H18ClNO2. The molecule has 0 aliphatic carbocycles. The number of hydrogen-bond acceptors (Lipinski definition) is 3. The summed E-state index contributed by atoms with van der Waals surface area (Å²) in [7, 11) is 7.22. The van der Waals surface area contributed by atoms with Crippen molar-refractivity contribution >= 4 is 11.6 Å². The van der Waals surface area contributed by atoms with Crippen molar-refractivity contribution in [1.29, 1.82) is 0 Å². The molecule has 0 aliphatic rings. The predicted octanol–water partition coefficient (Wildman–Crippen LogP) is 2.86. The van der Waals surface area contributed by atoms with Gasteiger partial charge in [-0.05, 0) is 38.7 Å². The molecule has 1 aromatic carbocycles. The second-order valence-electron chi connectivity index (χ2n) is 3.90. The molecular weight excluding hydrogens is 226 g/mol. The molecule has 0 aliphatic heterocycles. The van der Waals surface area contributed by atoms with Crippen molar-refractivity contribution in [2.24, 2.45) is 0 Å². The van der Waals surface area contributed by atoms with Gasteiger partial charge >= 0.3 is 0 Å². The van der Waals surface area contributed by atoms with Crippen molar-refractivity contribution in [3.05, 3.63) is 28.3 Å². The fraction of sp³-hybridized carbons (Fsp3) is 0.500. The van der Waals surface area contributed by atoms with Gasteiger partial charge in [0.05, 0.1) is 7.11 Å². The highest BCUT2D eigenvalue weighted by molar-refractivity contribution is 6.30. The number of halogens is 1. The Bertz CT molecular complexity index is 366. The molecule has 0 aromatic heterocycles. The monoisotopic (exact) mass is 243 g/mol. The number of hydrogen-bond donors (Lipinski definition) is 0. The molecule has 0 amide bonds. The van der Waals surface area contributed by atoms with Crippen LogP contribution < -0.4 is 4.74 Å². The van der Waals surface area contributed by atoms with E-state index in [1.807, 2.05) is 38.1 Å². The van der Waals surface area contributed by atoms with E-state index in [1.54, 1.807) is 14.2 Å². The summed E-state index contributed by atoms with van der Waals surface area (Å²) in [4.78, 5) is 1.97. The summed E-state index contributed by atoms with van der Waals surface area (Å²) in [6.45, 7) is 1.97. The van der Waals surface area contributed by atoms with Crippen LogP contribution in [0.2, 0.25) is 5.02 Å². The number of benzene rings is 1. The van der Waals surface area contributed by atoms with Crippen LogP contribution in [0.3, 0.4) is 0 Å². The molecule has 1 rings (SSSR count). The van der Waals surface area contributed by atoms with E-state index in [-0.39, 0.29) is 6.23 Å². The molecule has 0 radical (unpaired) electrons. The average Bonchev–Trinajstić information content (AvgIpc) is 2.17. The quantitative estimate of drug-likeness (QED) is 0.759. The first-order chi connectivity index (χ1) is 7.51. The zero-order chi connectivity index (χ0) is 12.3. The molecule has 1 unspecified atom stereocenters. The van der Waals surface area contributed by atoms with Crippen LogP contribution in [0.4, 0.5) is 0 Å². The second-order valence-corrected chi connectivity index (χ2v) is 4.33. The highest BCUT2D eigenvalue weighted by Gasteiger charge is 2.19. The van der Waals surface area contributed by atoms with E-state index in [4.69, 9.17) is 21.1 Å². The number of methoxy groups -OCH3 is 2. The molecule has 0 heterocycles. The van der Waals surface area contributed by atoms with Gasteiger partial charge in [-0.25, -0.2) is 0 Å². The molecule has 0 fully saturated rings. The van der Waals surface area contributed by atoms with Crippen LogP contribution in [0.25, 0.3) is 0 Å². The van der Waals surface area contributed by atoms with Crippen LogP contribution in [0.1, 0.15) is 17.4 Å². The minimum Gasteiger partial charge on any atom is -0.496 e. The summed E-state index contributed by atoms with van der Waals surface area (Å²) >= 11 is 6.06. The van der Waals surface area contributed by atoms with Gasteiger partial charge in [0, 0.05) is 17.7 Å². The fourth-order valence-corrected chi connectivity index (χ4v) is 2.12. The molecule has 3 nitrogen and oxygen atoms in total. The first-order valence-electron chi connectivity index (χ1n) is 5.04. The zero-order valence-corrected chi connectivity index (χ0v) is 11.1. The maximum atomic E-state index is 6.06. The van der Waals surface area contributed by atoms with E-state index in [0.717, 1.165) is 16.9 Å². The van der Waals surface area contributed by atoms with Crippen molar-refractivity contribution in [3.63, 3.8) is 0 Å². The Labute approximate surface area is 102 Å². The van der Waals surface area contributed by atoms with Crippen molar-refractivity contribution < 1.29 is 9.47 Å². The first kappa shape index (κ1) is 13.3. The Morgan fingerprint density at radius 3 is 2.31 bits per heavy atom. The maximum absolute atomic E-state index is 6.06. The molecule has 16 heavy (non-hydrogen) atoms. The van der Waals surface area contributed by atoms with Crippen LogP contribution in [0.5, 0.6) is 5.75 Å². The third-order valence-corrected chi connectivity index (χ3v) is 2.65. The molecule has 90 valence electrons. The van der Waals surface area contributed by atoms with Crippen molar-refractivity contribution in [3.8, 4) is 5.75 Å². The van der Waals surface area contributed by atoms with Crippen molar-refractivity contribution in [2.45, 2.75) is 13.2 Å². The lowest BCUT2D eigenvalue weighted by Gasteiger charge is -2.25. The van der Waals surface area contributed by atoms with Crippen LogP contribution >= 0.6 is 11.6 Å². The SMILES string of the molecule is COc1c(C)cc(Cl)cc1C(OC)N(C)C. The fourth-order valence-electron chi connectivity index (χ4n) is 1.83. The molecule has 0 spiro atoms. The van der Waals surface area contributed by atoms with Gasteiger partial charge < -0.3 is 9.47 Å². The number of aryl methyl sites for hydroxylation is 1. The first-order valence-corrected chi connectivity index (χ1v) is 5.42. The molecule has 0 N–H and O–H groups in total. The van der Waals surface area contributed by atoms with Crippen molar-refractivity contribution in [2.75, 3.05) is 28.3 Å². The van der Waals surface area contributed by atoms with E-state index < -0.39 is 0 Å². The van der Waals surface area contributed by atoms with Gasteiger partial charge in [0.25, 0.3) is 0 Å². The lowest BCUT2D eigenvalue weighted by Crippen LogP contribution is -2.22. The Balaban J connectivity index is 3.29. The Morgan fingerprint density at radius 2 is 1.88 bits per heavy atom. The van der Waals surface area contributed by atoms with E-state index in [0.29, 0.717) is 5.02 Å². The molecule has 4 heteroatoms. The molecule has 0 saturated heterocycles.